The molecule has 1 aromatic rings. The minimum atomic E-state index is 0.757. The standard InChI is InChI=1S/C21H36N4O/c1-5-25(6-2)16-20-9-7-8-19(14-20)15-23-21(22-3)24(4)12-13-26-17-18-10-11-18/h7-9,14,18H,5-6,10-13,15-17H2,1-4H3,(H,22,23). The average molecular weight is 361 g/mol. The van der Waals surface area contributed by atoms with Crippen LogP contribution < -0.4 is 5.32 Å². The molecular formula is C21H36N4O. The largest absolute Gasteiger partial charge is 0.379 e. The van der Waals surface area contributed by atoms with E-state index in [-0.39, 0.29) is 0 Å². The van der Waals surface area contributed by atoms with Crippen LogP contribution in [0.15, 0.2) is 29.3 Å². The molecule has 0 radical (unpaired) electrons. The number of hydrogen-bond acceptors (Lipinski definition) is 3. The minimum Gasteiger partial charge on any atom is -0.379 e. The maximum atomic E-state index is 5.73. The quantitative estimate of drug-likeness (QED) is 0.374. The van der Waals surface area contributed by atoms with E-state index in [0.717, 1.165) is 57.8 Å². The van der Waals surface area contributed by atoms with E-state index in [0.29, 0.717) is 0 Å². The summed E-state index contributed by atoms with van der Waals surface area (Å²) in [6.07, 6.45) is 2.68. The summed E-state index contributed by atoms with van der Waals surface area (Å²) < 4.78 is 5.73. The molecule has 1 aliphatic carbocycles. The predicted molar refractivity (Wildman–Crippen MR) is 109 cm³/mol. The monoisotopic (exact) mass is 360 g/mol. The maximum Gasteiger partial charge on any atom is 0.193 e. The topological polar surface area (TPSA) is 40.1 Å². The van der Waals surface area contributed by atoms with E-state index in [4.69, 9.17) is 4.74 Å². The van der Waals surface area contributed by atoms with Crippen molar-refractivity contribution < 1.29 is 4.74 Å². The van der Waals surface area contributed by atoms with E-state index in [1.807, 2.05) is 7.05 Å². The van der Waals surface area contributed by atoms with Crippen molar-refractivity contribution >= 4 is 5.96 Å². The molecule has 1 N–H and O–H groups in total. The number of aliphatic imine (C=N–C) groups is 1. The van der Waals surface area contributed by atoms with Crippen LogP contribution in [0.3, 0.4) is 0 Å². The second kappa shape index (κ2) is 11.2. The summed E-state index contributed by atoms with van der Waals surface area (Å²) in [5.41, 5.74) is 2.65. The lowest BCUT2D eigenvalue weighted by atomic mass is 10.1. The molecule has 1 aliphatic rings. The van der Waals surface area contributed by atoms with E-state index in [9.17, 15) is 0 Å². The van der Waals surface area contributed by atoms with Crippen molar-refractivity contribution in [1.82, 2.24) is 15.1 Å². The van der Waals surface area contributed by atoms with Crippen molar-refractivity contribution in [2.45, 2.75) is 39.8 Å². The SMILES string of the molecule is CCN(CC)Cc1cccc(CNC(=NC)N(C)CCOCC2CC2)c1. The van der Waals surface area contributed by atoms with Gasteiger partial charge < -0.3 is 15.0 Å². The second-order valence-corrected chi connectivity index (χ2v) is 7.12. The van der Waals surface area contributed by atoms with E-state index in [1.54, 1.807) is 0 Å². The molecule has 0 heterocycles. The maximum absolute atomic E-state index is 5.73. The minimum absolute atomic E-state index is 0.757. The lowest BCUT2D eigenvalue weighted by molar-refractivity contribution is 0.115. The van der Waals surface area contributed by atoms with Gasteiger partial charge in [0.2, 0.25) is 0 Å². The van der Waals surface area contributed by atoms with Crippen LogP contribution in [0.2, 0.25) is 0 Å². The molecular weight excluding hydrogens is 324 g/mol. The Morgan fingerprint density at radius 3 is 2.62 bits per heavy atom. The van der Waals surface area contributed by atoms with Crippen molar-refractivity contribution in [1.29, 1.82) is 0 Å². The molecule has 0 spiro atoms. The van der Waals surface area contributed by atoms with Crippen LogP contribution in [-0.4, -0.2) is 62.7 Å². The summed E-state index contributed by atoms with van der Waals surface area (Å²) >= 11 is 0. The fourth-order valence-corrected chi connectivity index (χ4v) is 2.95. The third-order valence-corrected chi connectivity index (χ3v) is 4.94. The summed E-state index contributed by atoms with van der Waals surface area (Å²) in [6, 6.07) is 8.82. The molecule has 5 nitrogen and oxygen atoms in total. The lowest BCUT2D eigenvalue weighted by Crippen LogP contribution is -2.40. The van der Waals surface area contributed by atoms with Crippen LogP contribution in [-0.2, 0) is 17.8 Å². The first kappa shape index (κ1) is 20.7. The van der Waals surface area contributed by atoms with Gasteiger partial charge in [0.05, 0.1) is 6.61 Å². The van der Waals surface area contributed by atoms with Gasteiger partial charge in [-0.3, -0.25) is 9.89 Å². The number of ether oxygens (including phenoxy) is 1. The third-order valence-electron chi connectivity index (χ3n) is 4.94. The molecule has 0 amide bonds. The molecule has 26 heavy (non-hydrogen) atoms. The fraction of sp³-hybridized carbons (Fsp3) is 0.667. The molecule has 1 aromatic carbocycles. The van der Waals surface area contributed by atoms with Crippen LogP contribution in [0.5, 0.6) is 0 Å². The zero-order chi connectivity index (χ0) is 18.8. The Kier molecular flexibility index (Phi) is 8.92. The van der Waals surface area contributed by atoms with E-state index >= 15 is 0 Å². The van der Waals surface area contributed by atoms with Crippen LogP contribution in [0.25, 0.3) is 0 Å². The van der Waals surface area contributed by atoms with Crippen molar-refractivity contribution in [2.24, 2.45) is 10.9 Å². The number of hydrogen-bond donors (Lipinski definition) is 1. The summed E-state index contributed by atoms with van der Waals surface area (Å²) in [6.45, 7) is 10.9. The highest BCUT2D eigenvalue weighted by Crippen LogP contribution is 2.28. The highest BCUT2D eigenvalue weighted by Gasteiger charge is 2.21. The molecule has 0 bridgehead atoms. The summed E-state index contributed by atoms with van der Waals surface area (Å²) in [4.78, 5) is 8.96. The van der Waals surface area contributed by atoms with Crippen molar-refractivity contribution in [3.05, 3.63) is 35.4 Å². The molecule has 0 aliphatic heterocycles. The van der Waals surface area contributed by atoms with Gasteiger partial charge in [0, 0.05) is 40.3 Å². The first-order valence-electron chi connectivity index (χ1n) is 9.95. The molecule has 5 heteroatoms. The normalized spacial score (nSPS) is 14.7. The summed E-state index contributed by atoms with van der Waals surface area (Å²) in [5, 5.41) is 3.46. The number of likely N-dealkylation sites (N-methyl/N-ethyl adjacent to an activating group) is 1. The zero-order valence-electron chi connectivity index (χ0n) is 17.0. The average Bonchev–Trinajstić information content (AvgIpc) is 3.48. The second-order valence-electron chi connectivity index (χ2n) is 7.12. The van der Waals surface area contributed by atoms with Crippen LogP contribution in [0.1, 0.15) is 37.8 Å². The summed E-state index contributed by atoms with van der Waals surface area (Å²) in [7, 11) is 3.90. The number of guanidine groups is 1. The lowest BCUT2D eigenvalue weighted by Gasteiger charge is -2.22. The van der Waals surface area contributed by atoms with Gasteiger partial charge in [0.15, 0.2) is 5.96 Å². The van der Waals surface area contributed by atoms with Gasteiger partial charge >= 0.3 is 0 Å². The molecule has 0 unspecified atom stereocenters. The van der Waals surface area contributed by atoms with Crippen LogP contribution in [0.4, 0.5) is 0 Å². The number of nitrogens with zero attached hydrogens (tertiary/aromatic N) is 3. The van der Waals surface area contributed by atoms with Gasteiger partial charge in [-0.05, 0) is 43.0 Å². The van der Waals surface area contributed by atoms with Crippen LogP contribution >= 0.6 is 0 Å². The van der Waals surface area contributed by atoms with Crippen LogP contribution in [0, 0.1) is 5.92 Å². The number of rotatable bonds is 11. The van der Waals surface area contributed by atoms with Gasteiger partial charge in [0.1, 0.15) is 0 Å². The predicted octanol–water partition coefficient (Wildman–Crippen LogP) is 2.96. The molecule has 0 atom stereocenters. The molecule has 146 valence electrons. The van der Waals surface area contributed by atoms with Crippen molar-refractivity contribution in [3.63, 3.8) is 0 Å². The van der Waals surface area contributed by atoms with Gasteiger partial charge in [-0.15, -0.1) is 0 Å². The molecule has 1 fully saturated rings. The van der Waals surface area contributed by atoms with Gasteiger partial charge in [-0.1, -0.05) is 38.1 Å². The first-order valence-corrected chi connectivity index (χ1v) is 9.95. The Morgan fingerprint density at radius 2 is 1.96 bits per heavy atom. The van der Waals surface area contributed by atoms with Gasteiger partial charge in [0.25, 0.3) is 0 Å². The number of nitrogens with one attached hydrogen (secondary N) is 1. The molecule has 0 aromatic heterocycles. The molecule has 1 saturated carbocycles. The van der Waals surface area contributed by atoms with Gasteiger partial charge in [-0.25, -0.2) is 0 Å². The highest BCUT2D eigenvalue weighted by atomic mass is 16.5. The Morgan fingerprint density at radius 1 is 1.23 bits per heavy atom. The highest BCUT2D eigenvalue weighted by molar-refractivity contribution is 5.79. The van der Waals surface area contributed by atoms with Crippen molar-refractivity contribution in [3.8, 4) is 0 Å². The molecule has 2 rings (SSSR count). The van der Waals surface area contributed by atoms with Gasteiger partial charge in [-0.2, -0.15) is 0 Å². The Balaban J connectivity index is 1.77. The van der Waals surface area contributed by atoms with E-state index < -0.39 is 0 Å². The Labute approximate surface area is 159 Å². The smallest absolute Gasteiger partial charge is 0.193 e. The van der Waals surface area contributed by atoms with E-state index in [2.05, 4.69) is 65.3 Å². The van der Waals surface area contributed by atoms with E-state index in [1.165, 1.54) is 24.0 Å². The molecule has 0 saturated heterocycles. The number of benzene rings is 1. The third kappa shape index (κ3) is 7.34. The zero-order valence-corrected chi connectivity index (χ0v) is 17.0. The van der Waals surface area contributed by atoms with Crippen molar-refractivity contribution in [2.75, 3.05) is 46.9 Å². The fourth-order valence-electron chi connectivity index (χ4n) is 2.95. The first-order chi connectivity index (χ1) is 12.7. The summed E-state index contributed by atoms with van der Waals surface area (Å²) in [5.74, 6) is 1.73. The Hall–Kier alpha value is -1.59. The Bertz CT molecular complexity index is 553.